The molecule has 0 saturated carbocycles. The number of para-hydroxylation sites is 5. The zero-order valence-electron chi connectivity index (χ0n) is 52.1. The van der Waals surface area contributed by atoms with Crippen LogP contribution in [0.3, 0.4) is 0 Å². The van der Waals surface area contributed by atoms with Crippen LogP contribution in [-0.4, -0.2) is 21.1 Å². The summed E-state index contributed by atoms with van der Waals surface area (Å²) in [5.74, 6) is 0.957. The third-order valence-electron chi connectivity index (χ3n) is 16.4. The summed E-state index contributed by atoms with van der Waals surface area (Å²) in [5.41, 5.74) is 15.5. The van der Waals surface area contributed by atoms with Crippen LogP contribution in [0.2, 0.25) is 0 Å². The molecule has 2 aromatic heterocycles. The van der Waals surface area contributed by atoms with E-state index in [0.29, 0.717) is 28.4 Å². The second kappa shape index (κ2) is 18.1. The van der Waals surface area contributed by atoms with E-state index in [1.165, 1.54) is 5.56 Å². The maximum atomic E-state index is 9.86. The molecule has 0 N–H and O–H groups in total. The molecule has 3 aliphatic heterocycles. The molecule has 8 heteroatoms. The summed E-state index contributed by atoms with van der Waals surface area (Å²) in [6.45, 7) is 21.2. The molecule has 3 aliphatic rings. The van der Waals surface area contributed by atoms with Crippen molar-refractivity contribution in [2.75, 3.05) is 9.62 Å². The summed E-state index contributed by atoms with van der Waals surface area (Å²) < 4.78 is 77.6. The third-order valence-corrected chi connectivity index (χ3v) is 17.4. The van der Waals surface area contributed by atoms with Gasteiger partial charge in [0.15, 0.2) is 0 Å². The number of fused-ring (bicyclic) bond motifs is 10. The Labute approximate surface area is 475 Å². The van der Waals surface area contributed by atoms with Crippen molar-refractivity contribution in [2.24, 2.45) is 11.3 Å². The fourth-order valence-corrected chi connectivity index (χ4v) is 12.7. The molecule has 0 fully saturated rings. The quantitative estimate of drug-likeness (QED) is 0.135. The molecule has 0 radical (unpaired) electrons. The van der Waals surface area contributed by atoms with Crippen LogP contribution in [0.5, 0.6) is 11.6 Å². The van der Waals surface area contributed by atoms with Gasteiger partial charge in [0.05, 0.1) is 0 Å². The first kappa shape index (κ1) is 41.7. The molecule has 0 spiro atoms. The van der Waals surface area contributed by atoms with Crippen LogP contribution >= 0.6 is 0 Å². The van der Waals surface area contributed by atoms with Crippen molar-refractivity contribution in [1.82, 2.24) is 14.1 Å². The van der Waals surface area contributed by atoms with Gasteiger partial charge >= 0.3 is 406 Å². The predicted octanol–water partition coefficient (Wildman–Crippen LogP) is 17.5. The van der Waals surface area contributed by atoms with Gasteiger partial charge in [-0.25, -0.2) is 0 Å². The Kier molecular flexibility index (Phi) is 9.78. The molecule has 0 atom stereocenters. The molecule has 0 bridgehead atoms. The van der Waals surface area contributed by atoms with E-state index < -0.39 is 35.8 Å². The number of hydrogen-bond acceptors (Lipinski definition) is 4. The second-order valence-electron chi connectivity index (χ2n) is 23.5. The minimum absolute atomic E-state index is 0.118. The van der Waals surface area contributed by atoms with Gasteiger partial charge in [0.2, 0.25) is 0 Å². The van der Waals surface area contributed by atoms with Crippen molar-refractivity contribution in [3.63, 3.8) is 0 Å². The van der Waals surface area contributed by atoms with Crippen molar-refractivity contribution in [1.29, 1.82) is 0 Å². The SMILES string of the molecule is [2H]c1c([2H])c([2H])c(-c2cc(C(C)(C)C(C)(C)C)cc(-c3ccc(C(C)(C)C)cc3)c2-n2[c](=[Pt])n(-c3cccc(Oc4cc(C([2H])([2H])C(C)C)c5c(n4)N4B6c7c(cccc7-5)-c5ccccc5N6c5ccccc54)c3)c3ccccc32)c([2H])c1[2H]. The van der Waals surface area contributed by atoms with Crippen LogP contribution in [0.4, 0.5) is 22.9 Å². The fourth-order valence-electron chi connectivity index (χ4n) is 11.6. The van der Waals surface area contributed by atoms with Gasteiger partial charge in [-0.2, -0.15) is 0 Å². The van der Waals surface area contributed by atoms with E-state index in [9.17, 15) is 5.48 Å². The Hall–Kier alpha value is -7.47. The van der Waals surface area contributed by atoms with Gasteiger partial charge in [0.25, 0.3) is 0 Å². The monoisotopic (exact) mass is 1190 g/mol. The van der Waals surface area contributed by atoms with E-state index in [-0.39, 0.29) is 41.3 Å². The third kappa shape index (κ3) is 7.85. The van der Waals surface area contributed by atoms with Crippen LogP contribution in [0.25, 0.3) is 66.9 Å². The number of pyridine rings is 1. The Morgan fingerprint density at radius 2 is 1.21 bits per heavy atom. The van der Waals surface area contributed by atoms with Gasteiger partial charge < -0.3 is 0 Å². The molecule has 5 heterocycles. The molecular weight excluding hydrogens is 1120 g/mol. The number of nitrogens with zero attached hydrogens (tertiary/aromatic N) is 5. The topological polar surface area (TPSA) is 38.5 Å². The zero-order valence-corrected chi connectivity index (χ0v) is 47.4. The van der Waals surface area contributed by atoms with Crippen LogP contribution in [0.1, 0.15) is 95.5 Å². The number of anilines is 4. The number of hydrogen-bond donors (Lipinski definition) is 0. The van der Waals surface area contributed by atoms with E-state index in [0.717, 1.165) is 82.0 Å². The molecular formula is C69H64BN5OPt. The van der Waals surface area contributed by atoms with E-state index in [4.69, 9.17) is 13.8 Å². The van der Waals surface area contributed by atoms with Gasteiger partial charge in [-0.15, -0.1) is 0 Å². The summed E-state index contributed by atoms with van der Waals surface area (Å²) >= 11 is 2.36. The van der Waals surface area contributed by atoms with Gasteiger partial charge in [-0.3, -0.25) is 0 Å². The molecule has 0 amide bonds. The van der Waals surface area contributed by atoms with Crippen molar-refractivity contribution in [3.8, 4) is 67.5 Å². The molecule has 10 aromatic rings. The molecule has 6 nitrogen and oxygen atoms in total. The Morgan fingerprint density at radius 1 is 0.597 bits per heavy atom. The number of imidazole rings is 1. The van der Waals surface area contributed by atoms with Crippen molar-refractivity contribution < 1.29 is 33.7 Å². The van der Waals surface area contributed by atoms with Crippen molar-refractivity contribution in [2.45, 2.75) is 86.4 Å². The van der Waals surface area contributed by atoms with Gasteiger partial charge in [0, 0.05) is 11.3 Å². The van der Waals surface area contributed by atoms with Gasteiger partial charge in [-0.05, 0) is 17.7 Å². The van der Waals surface area contributed by atoms with E-state index in [2.05, 4.69) is 203 Å². The van der Waals surface area contributed by atoms with Gasteiger partial charge in [0.1, 0.15) is 0 Å². The van der Waals surface area contributed by atoms with Crippen LogP contribution in [0, 0.1) is 15.1 Å². The number of rotatable bonds is 9. The van der Waals surface area contributed by atoms with Crippen molar-refractivity contribution >= 4 is 46.4 Å². The Morgan fingerprint density at radius 3 is 1.90 bits per heavy atom. The minimum atomic E-state index is -1.80. The average molecular weight is 1190 g/mol. The van der Waals surface area contributed by atoms with Crippen LogP contribution in [-0.2, 0) is 36.6 Å². The van der Waals surface area contributed by atoms with Crippen LogP contribution < -0.4 is 19.8 Å². The summed E-state index contributed by atoms with van der Waals surface area (Å²) in [7, 11) is 0. The zero-order chi connectivity index (χ0) is 59.4. The number of benzene rings is 8. The molecule has 0 aliphatic carbocycles. The number of ether oxygens (including phenoxy) is 1. The summed E-state index contributed by atoms with van der Waals surface area (Å²) in [6, 6.07) is 52.1. The van der Waals surface area contributed by atoms with E-state index >= 15 is 0 Å². The average Bonchev–Trinajstić information content (AvgIpc) is 1.44. The summed E-state index contributed by atoms with van der Waals surface area (Å²) in [6.07, 6.45) is -1.80. The summed E-state index contributed by atoms with van der Waals surface area (Å²) in [4.78, 5) is 10.1. The normalized spacial score (nSPS) is 15.0. The molecule has 8 aromatic carbocycles. The standard InChI is InChI=1S/C69H64BN5O.Pt/c1-44(2)38-47-39-62(71-66-63(47)54-28-21-27-53-52-26-14-15-29-57(52)74-60-32-18-19-33-61(60)75(66)70(74)64(53)54)76-51-25-20-24-50(42-51)72-43-73(59-31-17-16-30-58(59)72)65-55(45-22-12-11-13-23-45)40-49(69(9,10)68(6,7)8)41-56(65)46-34-36-48(37-35-46)67(3,4)5;/h11-37,39-42,44H,38H2,1-10H3;/i11D,12D,13D,22D,23D,38D2;. The molecule has 384 valence electrons. The van der Waals surface area contributed by atoms with Crippen molar-refractivity contribution in [3.05, 3.63) is 208 Å². The van der Waals surface area contributed by atoms with E-state index in [1.54, 1.807) is 6.07 Å². The number of aromatic nitrogens is 3. The molecule has 77 heavy (non-hydrogen) atoms. The van der Waals surface area contributed by atoms with E-state index in [1.807, 2.05) is 56.3 Å². The Bertz CT molecular complexity index is 4450. The first-order valence-electron chi connectivity index (χ1n) is 30.1. The molecule has 0 unspecified atom stereocenters. The van der Waals surface area contributed by atoms with Crippen LogP contribution in [0.15, 0.2) is 188 Å². The predicted molar refractivity (Wildman–Crippen MR) is 318 cm³/mol. The Balaban J connectivity index is 1.03. The fraction of sp³-hybridized carbons (Fsp3) is 0.217. The maximum absolute atomic E-state index is 9.86. The first-order chi connectivity index (χ1) is 39.8. The summed E-state index contributed by atoms with van der Waals surface area (Å²) in [5, 5.41) is 0. The molecule has 0 saturated heterocycles. The second-order valence-corrected chi connectivity index (χ2v) is 24.5. The first-order valence-corrected chi connectivity index (χ1v) is 27.7. The van der Waals surface area contributed by atoms with Gasteiger partial charge in [-0.1, -0.05) is 42.5 Å². The molecule has 13 rings (SSSR count).